The third-order valence-corrected chi connectivity index (χ3v) is 5.49. The molecule has 1 heterocycles. The van der Waals surface area contributed by atoms with Crippen molar-refractivity contribution in [2.75, 3.05) is 4.72 Å². The summed E-state index contributed by atoms with van der Waals surface area (Å²) in [5, 5.41) is 9.91. The Hall–Kier alpha value is -3.31. The fraction of sp³-hybridized carbons (Fsp3) is 0.200. The van der Waals surface area contributed by atoms with Crippen LogP contribution in [0.3, 0.4) is 0 Å². The average molecular weight is 397 g/mol. The number of benzene rings is 2. The molecule has 0 bridgehead atoms. The van der Waals surface area contributed by atoms with E-state index in [1.807, 2.05) is 6.92 Å². The number of rotatable bonds is 5. The molecule has 0 amide bonds. The summed E-state index contributed by atoms with van der Waals surface area (Å²) in [6.07, 6.45) is 1.23. The lowest BCUT2D eigenvalue weighted by atomic mass is 10.1. The minimum Gasteiger partial charge on any atom is -0.459 e. The molecule has 0 saturated carbocycles. The van der Waals surface area contributed by atoms with Crippen molar-refractivity contribution in [3.8, 4) is 6.07 Å². The lowest BCUT2D eigenvalue weighted by molar-refractivity contribution is 0.0377. The topological polar surface area (TPSA) is 112 Å². The summed E-state index contributed by atoms with van der Waals surface area (Å²) >= 11 is 0. The van der Waals surface area contributed by atoms with Crippen LogP contribution in [0.25, 0.3) is 10.9 Å². The van der Waals surface area contributed by atoms with Gasteiger partial charge in [0.05, 0.1) is 33.3 Å². The minimum absolute atomic E-state index is 0.0634. The second-order valence-corrected chi connectivity index (χ2v) is 8.26. The summed E-state index contributed by atoms with van der Waals surface area (Å²) in [5.74, 6) is -0.590. The molecule has 2 N–H and O–H groups in total. The molecule has 0 aliphatic heterocycles. The van der Waals surface area contributed by atoms with Gasteiger partial charge in [-0.1, -0.05) is 12.1 Å². The van der Waals surface area contributed by atoms with Crippen LogP contribution >= 0.6 is 0 Å². The van der Waals surface area contributed by atoms with Crippen molar-refractivity contribution in [2.24, 2.45) is 0 Å². The Morgan fingerprint density at radius 2 is 2.00 bits per heavy atom. The van der Waals surface area contributed by atoms with Gasteiger partial charge >= 0.3 is 5.97 Å². The van der Waals surface area contributed by atoms with E-state index in [0.29, 0.717) is 22.2 Å². The fourth-order valence-electron chi connectivity index (χ4n) is 2.87. The lowest BCUT2D eigenvalue weighted by Crippen LogP contribution is -2.15. The minimum atomic E-state index is -3.96. The summed E-state index contributed by atoms with van der Waals surface area (Å²) in [6, 6.07) is 11.1. The van der Waals surface area contributed by atoms with Gasteiger partial charge in [0, 0.05) is 11.6 Å². The first-order valence-corrected chi connectivity index (χ1v) is 10.1. The van der Waals surface area contributed by atoms with Gasteiger partial charge in [0.1, 0.15) is 6.07 Å². The van der Waals surface area contributed by atoms with E-state index in [4.69, 9.17) is 4.74 Å². The third kappa shape index (κ3) is 3.70. The first-order valence-electron chi connectivity index (χ1n) is 8.57. The number of nitrogens with zero attached hydrogens (tertiary/aromatic N) is 1. The Morgan fingerprint density at radius 1 is 1.25 bits per heavy atom. The molecule has 144 valence electrons. The molecular formula is C20H19N3O4S. The van der Waals surface area contributed by atoms with E-state index in [1.54, 1.807) is 26.0 Å². The molecule has 0 spiro atoms. The van der Waals surface area contributed by atoms with Crippen LogP contribution in [-0.2, 0) is 14.8 Å². The fourth-order valence-corrected chi connectivity index (χ4v) is 3.99. The van der Waals surface area contributed by atoms with Crippen molar-refractivity contribution in [3.63, 3.8) is 0 Å². The van der Waals surface area contributed by atoms with E-state index in [1.165, 1.54) is 30.5 Å². The predicted octanol–water partition coefficient (Wildman–Crippen LogP) is 3.71. The van der Waals surface area contributed by atoms with Gasteiger partial charge in [0.2, 0.25) is 0 Å². The first-order chi connectivity index (χ1) is 13.2. The van der Waals surface area contributed by atoms with Crippen LogP contribution in [-0.4, -0.2) is 25.5 Å². The smallest absolute Gasteiger partial charge is 0.338 e. The van der Waals surface area contributed by atoms with Crippen molar-refractivity contribution in [1.82, 2.24) is 4.98 Å². The number of fused-ring (bicyclic) bond motifs is 1. The standard InChI is InChI=1S/C20H19N3O4S/c1-12(2)27-20(24)14-5-4-6-16(9-14)28(25,26)23-17-8-7-13(3)18-15(10-21)11-22-19(17)18/h4-9,11-12,22-23H,1-3H3. The summed E-state index contributed by atoms with van der Waals surface area (Å²) < 4.78 is 33.4. The Kier molecular flexibility index (Phi) is 5.12. The molecule has 0 unspecified atom stereocenters. The van der Waals surface area contributed by atoms with E-state index < -0.39 is 16.0 Å². The van der Waals surface area contributed by atoms with Gasteiger partial charge in [0.25, 0.3) is 10.0 Å². The van der Waals surface area contributed by atoms with Crippen LogP contribution in [0.5, 0.6) is 0 Å². The average Bonchev–Trinajstić information content (AvgIpc) is 3.09. The number of hydrogen-bond acceptors (Lipinski definition) is 5. The number of carbonyl (C=O) groups excluding carboxylic acids is 1. The van der Waals surface area contributed by atoms with Crippen molar-refractivity contribution >= 4 is 32.6 Å². The summed E-state index contributed by atoms with van der Waals surface area (Å²) in [5.41, 5.74) is 2.28. The second kappa shape index (κ2) is 7.37. The van der Waals surface area contributed by atoms with Crippen molar-refractivity contribution in [3.05, 3.63) is 59.3 Å². The molecule has 8 heteroatoms. The highest BCUT2D eigenvalue weighted by Crippen LogP contribution is 2.30. The zero-order chi connectivity index (χ0) is 20.5. The Balaban J connectivity index is 1.99. The van der Waals surface area contributed by atoms with Crippen LogP contribution in [0.1, 0.15) is 35.3 Å². The van der Waals surface area contributed by atoms with Crippen molar-refractivity contribution in [1.29, 1.82) is 5.26 Å². The molecule has 28 heavy (non-hydrogen) atoms. The Labute approximate surface area is 163 Å². The number of carbonyl (C=O) groups is 1. The van der Waals surface area contributed by atoms with Gasteiger partial charge in [-0.25, -0.2) is 13.2 Å². The molecule has 0 atom stereocenters. The lowest BCUT2D eigenvalue weighted by Gasteiger charge is -2.12. The third-order valence-electron chi connectivity index (χ3n) is 4.13. The highest BCUT2D eigenvalue weighted by molar-refractivity contribution is 7.92. The summed E-state index contributed by atoms with van der Waals surface area (Å²) in [4.78, 5) is 15.0. The highest BCUT2D eigenvalue weighted by atomic mass is 32.2. The van der Waals surface area contributed by atoms with Crippen molar-refractivity contribution < 1.29 is 17.9 Å². The number of hydrogen-bond donors (Lipinski definition) is 2. The number of sulfonamides is 1. The number of ether oxygens (including phenoxy) is 1. The number of nitrogens with one attached hydrogen (secondary N) is 2. The van der Waals surface area contributed by atoms with Crippen LogP contribution < -0.4 is 4.72 Å². The molecule has 0 radical (unpaired) electrons. The Morgan fingerprint density at radius 3 is 2.68 bits per heavy atom. The van der Waals surface area contributed by atoms with E-state index in [9.17, 15) is 18.5 Å². The maximum absolute atomic E-state index is 12.9. The van der Waals surface area contributed by atoms with Crippen molar-refractivity contribution in [2.45, 2.75) is 31.8 Å². The number of esters is 1. The maximum atomic E-state index is 12.9. The monoisotopic (exact) mass is 397 g/mol. The molecule has 3 rings (SSSR count). The number of aryl methyl sites for hydroxylation is 1. The maximum Gasteiger partial charge on any atom is 0.338 e. The van der Waals surface area contributed by atoms with Gasteiger partial charge in [-0.15, -0.1) is 0 Å². The molecule has 7 nitrogen and oxygen atoms in total. The van der Waals surface area contributed by atoms with E-state index in [2.05, 4.69) is 15.8 Å². The van der Waals surface area contributed by atoms with Crippen LogP contribution in [0.2, 0.25) is 0 Å². The van der Waals surface area contributed by atoms with Gasteiger partial charge in [-0.05, 0) is 50.6 Å². The number of anilines is 1. The highest BCUT2D eigenvalue weighted by Gasteiger charge is 2.20. The molecule has 0 aliphatic rings. The van der Waals surface area contributed by atoms with Crippen LogP contribution in [0.4, 0.5) is 5.69 Å². The first kappa shape index (κ1) is 19.5. The van der Waals surface area contributed by atoms with Gasteiger partial charge < -0.3 is 9.72 Å². The van der Waals surface area contributed by atoms with Gasteiger partial charge in [0.15, 0.2) is 0 Å². The molecule has 2 aromatic carbocycles. The zero-order valence-electron chi connectivity index (χ0n) is 15.6. The number of aromatic amines is 1. The normalized spacial score (nSPS) is 11.4. The number of nitriles is 1. The summed E-state index contributed by atoms with van der Waals surface area (Å²) in [7, 11) is -3.96. The second-order valence-electron chi connectivity index (χ2n) is 6.58. The van der Waals surface area contributed by atoms with E-state index in [-0.39, 0.29) is 16.6 Å². The molecule has 0 fully saturated rings. The Bertz CT molecular complexity index is 1200. The van der Waals surface area contributed by atoms with Gasteiger partial charge in [-0.3, -0.25) is 4.72 Å². The van der Waals surface area contributed by atoms with Gasteiger partial charge in [-0.2, -0.15) is 5.26 Å². The number of aromatic nitrogens is 1. The predicted molar refractivity (Wildman–Crippen MR) is 106 cm³/mol. The molecule has 1 aromatic heterocycles. The summed E-state index contributed by atoms with van der Waals surface area (Å²) in [6.45, 7) is 5.28. The molecular weight excluding hydrogens is 378 g/mol. The van der Waals surface area contributed by atoms with E-state index in [0.717, 1.165) is 5.56 Å². The molecule has 3 aromatic rings. The van der Waals surface area contributed by atoms with Crippen LogP contribution in [0, 0.1) is 18.3 Å². The molecule has 0 aliphatic carbocycles. The quantitative estimate of drug-likeness (QED) is 0.637. The SMILES string of the molecule is Cc1ccc(NS(=O)(=O)c2cccc(C(=O)OC(C)C)c2)c2[nH]cc(C#N)c12. The van der Waals surface area contributed by atoms with Crippen LogP contribution in [0.15, 0.2) is 47.5 Å². The zero-order valence-corrected chi connectivity index (χ0v) is 16.4. The largest absolute Gasteiger partial charge is 0.459 e. The molecule has 0 saturated heterocycles. The van der Waals surface area contributed by atoms with E-state index >= 15 is 0 Å². The number of H-pyrrole nitrogens is 1.